The van der Waals surface area contributed by atoms with E-state index in [-0.39, 0.29) is 22.8 Å². The summed E-state index contributed by atoms with van der Waals surface area (Å²) in [6.07, 6.45) is 27.7. The van der Waals surface area contributed by atoms with Gasteiger partial charge < -0.3 is 24.4 Å². The molecule has 0 bridgehead atoms. The van der Waals surface area contributed by atoms with E-state index in [0.717, 1.165) is 76.2 Å². The maximum Gasteiger partial charge on any atom is 0.343 e. The number of unbranched alkanes of at least 4 members (excludes halogenated alkanes) is 20. The molecule has 0 unspecified atom stereocenters. The Morgan fingerprint density at radius 2 is 0.800 bits per heavy atom. The number of hydrogen-bond donors (Lipinski definition) is 2. The van der Waals surface area contributed by atoms with Gasteiger partial charge >= 0.3 is 5.97 Å². The van der Waals surface area contributed by atoms with Gasteiger partial charge in [-0.05, 0) is 32.1 Å². The number of rotatable bonds is 32. The van der Waals surface area contributed by atoms with Crippen LogP contribution in [-0.2, 0) is 6.42 Å². The van der Waals surface area contributed by atoms with Crippen molar-refractivity contribution in [1.29, 1.82) is 0 Å². The number of ether oxygens (including phenoxy) is 3. The number of aromatic carboxylic acids is 1. The second-order valence-electron chi connectivity index (χ2n) is 12.9. The summed E-state index contributed by atoms with van der Waals surface area (Å²) in [7, 11) is 0. The third-order valence-electron chi connectivity index (χ3n) is 8.66. The first-order valence-corrected chi connectivity index (χ1v) is 19.1. The van der Waals surface area contributed by atoms with Crippen molar-refractivity contribution >= 4 is 5.97 Å². The Morgan fingerprint density at radius 3 is 1.20 bits per heavy atom. The molecular weight excluding hydrogens is 564 g/mol. The smallest absolute Gasteiger partial charge is 0.343 e. The highest BCUT2D eigenvalue weighted by molar-refractivity contribution is 5.97. The largest absolute Gasteiger partial charge is 0.504 e. The van der Waals surface area contributed by atoms with E-state index < -0.39 is 5.97 Å². The molecule has 0 aliphatic carbocycles. The molecule has 1 aromatic rings. The zero-order chi connectivity index (χ0) is 33.0. The van der Waals surface area contributed by atoms with Crippen LogP contribution in [0.3, 0.4) is 0 Å². The fourth-order valence-corrected chi connectivity index (χ4v) is 5.84. The van der Waals surface area contributed by atoms with Crippen LogP contribution in [0.2, 0.25) is 0 Å². The lowest BCUT2D eigenvalue weighted by Crippen LogP contribution is -2.13. The van der Waals surface area contributed by atoms with E-state index in [0.29, 0.717) is 32.0 Å². The molecule has 6 heteroatoms. The molecule has 1 aromatic carbocycles. The molecule has 0 amide bonds. The lowest BCUT2D eigenvalue weighted by molar-refractivity contribution is 0.0686. The summed E-state index contributed by atoms with van der Waals surface area (Å²) in [4.78, 5) is 12.6. The van der Waals surface area contributed by atoms with Gasteiger partial charge in [0.25, 0.3) is 0 Å². The van der Waals surface area contributed by atoms with E-state index in [2.05, 4.69) is 27.7 Å². The Hall–Kier alpha value is -2.11. The summed E-state index contributed by atoms with van der Waals surface area (Å²) >= 11 is 0. The molecule has 0 saturated heterocycles. The van der Waals surface area contributed by atoms with Crippen LogP contribution >= 0.6 is 0 Å². The molecule has 0 saturated carbocycles. The number of carbonyl (C=O) groups is 1. The third kappa shape index (κ3) is 18.0. The molecule has 2 N–H and O–H groups in total. The fraction of sp³-hybridized carbons (Fsp3) is 0.821. The number of carboxylic acid groups (broad SMARTS) is 1. The summed E-state index contributed by atoms with van der Waals surface area (Å²) < 4.78 is 19.0. The zero-order valence-electron chi connectivity index (χ0n) is 29.8. The SMILES string of the molecule is CCCCCCCCOc1c(O)c(C(=O)O)c(OCCCCCCCC)c(OCCCCCCCC)c1CCCCCCCC. The molecule has 0 radical (unpaired) electrons. The Bertz CT molecular complexity index is 868. The predicted octanol–water partition coefficient (Wildman–Crippen LogP) is 12.2. The summed E-state index contributed by atoms with van der Waals surface area (Å²) in [5, 5.41) is 21.8. The molecule has 0 aromatic heterocycles. The summed E-state index contributed by atoms with van der Waals surface area (Å²) in [6.45, 7) is 10.2. The van der Waals surface area contributed by atoms with Gasteiger partial charge in [-0.2, -0.15) is 0 Å². The van der Waals surface area contributed by atoms with Crippen molar-refractivity contribution in [2.75, 3.05) is 19.8 Å². The van der Waals surface area contributed by atoms with Crippen LogP contribution in [0.5, 0.6) is 23.0 Å². The number of phenols is 1. The van der Waals surface area contributed by atoms with Crippen molar-refractivity contribution in [3.63, 3.8) is 0 Å². The minimum Gasteiger partial charge on any atom is -0.504 e. The minimum absolute atomic E-state index is 0.174. The summed E-state index contributed by atoms with van der Waals surface area (Å²) in [5.74, 6) is -0.618. The summed E-state index contributed by atoms with van der Waals surface area (Å²) in [5.41, 5.74) is 0.534. The molecule has 0 fully saturated rings. The first-order chi connectivity index (χ1) is 22.0. The van der Waals surface area contributed by atoms with Crippen LogP contribution < -0.4 is 14.2 Å². The molecule has 45 heavy (non-hydrogen) atoms. The lowest BCUT2D eigenvalue weighted by atomic mass is 9.99. The maximum absolute atomic E-state index is 12.6. The van der Waals surface area contributed by atoms with Crippen molar-refractivity contribution in [1.82, 2.24) is 0 Å². The molecule has 0 spiro atoms. The molecule has 262 valence electrons. The molecular formula is C39H70O6. The van der Waals surface area contributed by atoms with E-state index >= 15 is 0 Å². The van der Waals surface area contributed by atoms with Gasteiger partial charge in [0.2, 0.25) is 0 Å². The first kappa shape index (κ1) is 40.9. The Labute approximate surface area is 277 Å². The number of benzene rings is 1. The van der Waals surface area contributed by atoms with Crippen LogP contribution in [0.15, 0.2) is 0 Å². The normalized spacial score (nSPS) is 11.2. The van der Waals surface area contributed by atoms with E-state index in [1.54, 1.807) is 0 Å². The van der Waals surface area contributed by atoms with Gasteiger partial charge in [-0.1, -0.05) is 156 Å². The molecule has 1 rings (SSSR count). The average Bonchev–Trinajstić information content (AvgIpc) is 3.03. The topological polar surface area (TPSA) is 85.2 Å². The lowest BCUT2D eigenvalue weighted by Gasteiger charge is -2.23. The minimum atomic E-state index is -1.22. The number of aromatic hydroxyl groups is 1. The monoisotopic (exact) mass is 635 g/mol. The molecule has 0 atom stereocenters. The van der Waals surface area contributed by atoms with Crippen molar-refractivity contribution in [2.45, 2.75) is 188 Å². The van der Waals surface area contributed by atoms with Crippen LogP contribution in [-0.4, -0.2) is 36.0 Å². The Kier molecular flexibility index (Phi) is 25.6. The highest BCUT2D eigenvalue weighted by Gasteiger charge is 2.31. The van der Waals surface area contributed by atoms with Crippen molar-refractivity contribution in [3.05, 3.63) is 11.1 Å². The standard InChI is InChI=1S/C39H70O6/c1-5-9-13-17-21-25-29-33-36(43-30-26-22-18-14-10-6-2)35(40)34(39(41)42)38(45-32-28-24-20-16-12-8-4)37(33)44-31-27-23-19-15-11-7-3/h40H,5-32H2,1-4H3,(H,41,42). The van der Waals surface area contributed by atoms with Gasteiger partial charge in [0.15, 0.2) is 28.6 Å². The van der Waals surface area contributed by atoms with Crippen LogP contribution in [0.25, 0.3) is 0 Å². The second-order valence-corrected chi connectivity index (χ2v) is 12.9. The molecule has 0 heterocycles. The quantitative estimate of drug-likeness (QED) is 0.0767. The number of hydrogen-bond acceptors (Lipinski definition) is 5. The first-order valence-electron chi connectivity index (χ1n) is 19.1. The van der Waals surface area contributed by atoms with Crippen LogP contribution in [0.4, 0.5) is 0 Å². The van der Waals surface area contributed by atoms with Crippen molar-refractivity contribution < 1.29 is 29.2 Å². The molecule has 0 aliphatic rings. The highest BCUT2D eigenvalue weighted by atomic mass is 16.5. The molecule has 6 nitrogen and oxygen atoms in total. The van der Waals surface area contributed by atoms with Gasteiger partial charge in [-0.15, -0.1) is 0 Å². The molecule has 0 aliphatic heterocycles. The van der Waals surface area contributed by atoms with Crippen LogP contribution in [0.1, 0.15) is 198 Å². The van der Waals surface area contributed by atoms with Gasteiger partial charge in [0.05, 0.1) is 19.8 Å². The zero-order valence-corrected chi connectivity index (χ0v) is 29.8. The number of carboxylic acids is 1. The van der Waals surface area contributed by atoms with Crippen molar-refractivity contribution in [2.24, 2.45) is 0 Å². The van der Waals surface area contributed by atoms with Crippen LogP contribution in [0, 0.1) is 0 Å². The van der Waals surface area contributed by atoms with Gasteiger partial charge in [0.1, 0.15) is 0 Å². The second kappa shape index (κ2) is 28.1. The summed E-state index contributed by atoms with van der Waals surface area (Å²) in [6, 6.07) is 0. The third-order valence-corrected chi connectivity index (χ3v) is 8.66. The Morgan fingerprint density at radius 1 is 0.467 bits per heavy atom. The highest BCUT2D eigenvalue weighted by Crippen LogP contribution is 2.49. The maximum atomic E-state index is 12.6. The van der Waals surface area contributed by atoms with Gasteiger partial charge in [-0.25, -0.2) is 4.79 Å². The van der Waals surface area contributed by atoms with E-state index in [9.17, 15) is 15.0 Å². The van der Waals surface area contributed by atoms with E-state index in [1.807, 2.05) is 0 Å². The van der Waals surface area contributed by atoms with E-state index in [4.69, 9.17) is 14.2 Å². The van der Waals surface area contributed by atoms with Gasteiger partial charge in [-0.3, -0.25) is 0 Å². The van der Waals surface area contributed by atoms with E-state index in [1.165, 1.54) is 83.5 Å². The fourth-order valence-electron chi connectivity index (χ4n) is 5.84. The average molecular weight is 635 g/mol. The predicted molar refractivity (Wildman–Crippen MR) is 189 cm³/mol. The van der Waals surface area contributed by atoms with Crippen molar-refractivity contribution in [3.8, 4) is 23.0 Å². The van der Waals surface area contributed by atoms with Gasteiger partial charge in [0, 0.05) is 5.56 Å². The Balaban J connectivity index is 3.29.